The molecular weight excluding hydrogens is 543 g/mol. The van der Waals surface area contributed by atoms with Crippen molar-refractivity contribution in [2.75, 3.05) is 5.73 Å². The molecule has 1 aliphatic rings. The van der Waals surface area contributed by atoms with Gasteiger partial charge in [-0.1, -0.05) is 67.6 Å². The number of nitrogen functional groups attached to an aromatic ring is 1. The highest BCUT2D eigenvalue weighted by Crippen LogP contribution is 2.34. The second kappa shape index (κ2) is 11.5. The quantitative estimate of drug-likeness (QED) is 0.118. The van der Waals surface area contributed by atoms with E-state index in [0.29, 0.717) is 22.6 Å². The number of carbonyl (C=O) groups is 1. The van der Waals surface area contributed by atoms with E-state index in [4.69, 9.17) is 11.1 Å². The molecule has 7 heteroatoms. The zero-order valence-electron chi connectivity index (χ0n) is 22.9. The molecule has 0 saturated heterocycles. The van der Waals surface area contributed by atoms with Crippen LogP contribution in [0.3, 0.4) is 0 Å². The number of amides is 1. The molecule has 0 aliphatic heterocycles. The minimum absolute atomic E-state index is 0.0887. The molecule has 0 bridgehead atoms. The first kappa shape index (κ1) is 27.2. The van der Waals surface area contributed by atoms with Crippen molar-refractivity contribution in [2.24, 2.45) is 5.92 Å². The lowest BCUT2D eigenvalue weighted by atomic mass is 9.96. The van der Waals surface area contributed by atoms with E-state index in [9.17, 15) is 9.18 Å². The van der Waals surface area contributed by atoms with Crippen LogP contribution in [0.25, 0.3) is 26.9 Å². The van der Waals surface area contributed by atoms with Gasteiger partial charge in [0.05, 0.1) is 17.8 Å². The molecule has 0 spiro atoms. The minimum Gasteiger partial charge on any atom is -0.398 e. The summed E-state index contributed by atoms with van der Waals surface area (Å²) in [4.78, 5) is 17.0. The molecule has 0 fully saturated rings. The van der Waals surface area contributed by atoms with Crippen molar-refractivity contribution in [3.05, 3.63) is 142 Å². The van der Waals surface area contributed by atoms with E-state index in [2.05, 4.69) is 23.3 Å². The zero-order valence-corrected chi connectivity index (χ0v) is 23.8. The number of H-pyrrole nitrogens is 1. The van der Waals surface area contributed by atoms with E-state index in [0.717, 1.165) is 49.4 Å². The van der Waals surface area contributed by atoms with E-state index in [1.165, 1.54) is 6.07 Å². The lowest BCUT2D eigenvalue weighted by molar-refractivity contribution is -0.119. The molecule has 2 aromatic heterocycles. The standard InChI is InChI=1S/C35H29FN4OS/c1-21-10-12-25(39-34(41)17-22-6-3-2-4-7-22)18-24(16-21)23-11-13-29(37)28(19-23)35(38)31-20-27-26(8-5-9-30(27)40-31)32-14-15-33(36)42-32/h2-16,18-21,38,40H,17,37H2,1H3,(H,39,41)/t21-/m0/s1. The van der Waals surface area contributed by atoms with Gasteiger partial charge in [-0.05, 0) is 71.2 Å². The fraction of sp³-hybridized carbons (Fsp3) is 0.0857. The third-order valence-electron chi connectivity index (χ3n) is 7.25. The number of thiophene rings is 1. The summed E-state index contributed by atoms with van der Waals surface area (Å²) >= 11 is 1.10. The number of rotatable bonds is 7. The Balaban J connectivity index is 1.30. The number of nitrogens with one attached hydrogen (secondary N) is 3. The molecule has 5 N–H and O–H groups in total. The van der Waals surface area contributed by atoms with Crippen LogP contribution in [0, 0.1) is 16.5 Å². The summed E-state index contributed by atoms with van der Waals surface area (Å²) in [6, 6.07) is 26.3. The lowest BCUT2D eigenvalue weighted by Crippen LogP contribution is -2.23. The summed E-state index contributed by atoms with van der Waals surface area (Å²) < 4.78 is 13.8. The smallest absolute Gasteiger partial charge is 0.228 e. The highest BCUT2D eigenvalue weighted by atomic mass is 32.1. The average molecular weight is 573 g/mol. The van der Waals surface area contributed by atoms with Crippen molar-refractivity contribution in [1.29, 1.82) is 5.41 Å². The molecule has 0 unspecified atom stereocenters. The Morgan fingerprint density at radius 1 is 1.05 bits per heavy atom. The number of hydrogen-bond donors (Lipinski definition) is 4. The Kier molecular flexibility index (Phi) is 7.42. The number of hydrogen-bond acceptors (Lipinski definition) is 4. The second-order valence-corrected chi connectivity index (χ2v) is 11.4. The summed E-state index contributed by atoms with van der Waals surface area (Å²) in [6.45, 7) is 2.08. The van der Waals surface area contributed by atoms with Crippen LogP contribution < -0.4 is 11.1 Å². The molecule has 1 amide bonds. The van der Waals surface area contributed by atoms with Crippen LogP contribution in [0.5, 0.6) is 0 Å². The van der Waals surface area contributed by atoms with E-state index in [1.54, 1.807) is 6.07 Å². The Morgan fingerprint density at radius 2 is 1.88 bits per heavy atom. The number of aromatic nitrogens is 1. The average Bonchev–Trinajstić information content (AvgIpc) is 3.57. The molecule has 1 aliphatic carbocycles. The molecule has 2 heterocycles. The van der Waals surface area contributed by atoms with Gasteiger partial charge in [0.2, 0.25) is 5.91 Å². The summed E-state index contributed by atoms with van der Waals surface area (Å²) in [5, 5.41) is 12.8. The number of aromatic amines is 1. The van der Waals surface area contributed by atoms with Crippen LogP contribution >= 0.6 is 11.3 Å². The number of nitrogens with two attached hydrogens (primary N) is 1. The number of benzene rings is 3. The summed E-state index contributed by atoms with van der Waals surface area (Å²) in [5.74, 6) is 0.0451. The topological polar surface area (TPSA) is 94.8 Å². The fourth-order valence-corrected chi connectivity index (χ4v) is 5.93. The SMILES string of the molecule is C[C@H]1C=CC(NC(=O)Cc2ccccc2)=CC(c2ccc(N)c(C(=N)c3cc4c(-c5ccc(F)s5)cccc4[nH]3)c2)=C1. The van der Waals surface area contributed by atoms with Gasteiger partial charge in [-0.15, -0.1) is 11.3 Å². The van der Waals surface area contributed by atoms with Gasteiger partial charge in [-0.3, -0.25) is 10.2 Å². The first-order valence-electron chi connectivity index (χ1n) is 13.7. The Bertz CT molecular complexity index is 1910. The lowest BCUT2D eigenvalue weighted by Gasteiger charge is -2.12. The number of carbonyl (C=O) groups excluding carboxylic acids is 1. The molecule has 42 heavy (non-hydrogen) atoms. The Labute approximate surface area is 247 Å². The first-order valence-corrected chi connectivity index (χ1v) is 14.5. The van der Waals surface area contributed by atoms with E-state index in [1.807, 2.05) is 91.0 Å². The van der Waals surface area contributed by atoms with Crippen LogP contribution in [0.4, 0.5) is 10.1 Å². The van der Waals surface area contributed by atoms with E-state index < -0.39 is 0 Å². The molecule has 0 radical (unpaired) electrons. The Hall–Kier alpha value is -5.01. The minimum atomic E-state index is -0.236. The second-order valence-electron chi connectivity index (χ2n) is 10.4. The predicted octanol–water partition coefficient (Wildman–Crippen LogP) is 7.87. The molecule has 5 nitrogen and oxygen atoms in total. The van der Waals surface area contributed by atoms with Crippen molar-refractivity contribution >= 4 is 45.1 Å². The van der Waals surface area contributed by atoms with E-state index in [-0.39, 0.29) is 29.1 Å². The summed E-state index contributed by atoms with van der Waals surface area (Å²) in [5.41, 5.74) is 13.6. The maximum atomic E-state index is 13.8. The highest BCUT2D eigenvalue weighted by Gasteiger charge is 2.17. The van der Waals surface area contributed by atoms with Crippen molar-refractivity contribution in [3.63, 3.8) is 0 Å². The number of anilines is 1. The normalized spacial score (nSPS) is 14.8. The van der Waals surface area contributed by atoms with Crippen LogP contribution in [-0.4, -0.2) is 16.6 Å². The first-order chi connectivity index (χ1) is 20.3. The van der Waals surface area contributed by atoms with Gasteiger partial charge in [-0.25, -0.2) is 0 Å². The molecule has 3 aromatic carbocycles. The van der Waals surface area contributed by atoms with Crippen molar-refractivity contribution in [1.82, 2.24) is 10.3 Å². The van der Waals surface area contributed by atoms with Gasteiger partial charge in [0.25, 0.3) is 0 Å². The number of fused-ring (bicyclic) bond motifs is 1. The van der Waals surface area contributed by atoms with Gasteiger partial charge >= 0.3 is 0 Å². The van der Waals surface area contributed by atoms with Crippen LogP contribution in [0.15, 0.2) is 115 Å². The Morgan fingerprint density at radius 3 is 2.67 bits per heavy atom. The van der Waals surface area contributed by atoms with Crippen LogP contribution in [0.1, 0.15) is 29.3 Å². The summed E-state index contributed by atoms with van der Waals surface area (Å²) in [6.07, 6.45) is 8.35. The van der Waals surface area contributed by atoms with Crippen molar-refractivity contribution in [2.45, 2.75) is 13.3 Å². The zero-order chi connectivity index (χ0) is 29.2. The monoisotopic (exact) mass is 572 g/mol. The van der Waals surface area contributed by atoms with Crippen LogP contribution in [0.2, 0.25) is 0 Å². The number of halogens is 1. The van der Waals surface area contributed by atoms with Gasteiger partial charge in [0, 0.05) is 38.3 Å². The number of allylic oxidation sites excluding steroid dienone is 5. The van der Waals surface area contributed by atoms with Crippen molar-refractivity contribution < 1.29 is 9.18 Å². The van der Waals surface area contributed by atoms with Gasteiger partial charge < -0.3 is 16.0 Å². The van der Waals surface area contributed by atoms with Gasteiger partial charge in [-0.2, -0.15) is 4.39 Å². The third-order valence-corrected chi connectivity index (χ3v) is 8.16. The molecular formula is C35H29FN4OS. The molecule has 5 aromatic rings. The van der Waals surface area contributed by atoms with E-state index >= 15 is 0 Å². The molecule has 208 valence electrons. The molecule has 1 atom stereocenters. The largest absolute Gasteiger partial charge is 0.398 e. The van der Waals surface area contributed by atoms with Gasteiger partial charge in [0.15, 0.2) is 5.13 Å². The maximum absolute atomic E-state index is 13.8. The maximum Gasteiger partial charge on any atom is 0.228 e. The summed E-state index contributed by atoms with van der Waals surface area (Å²) in [7, 11) is 0. The molecule has 6 rings (SSSR count). The fourth-order valence-electron chi connectivity index (χ4n) is 5.16. The van der Waals surface area contributed by atoms with Gasteiger partial charge in [0.1, 0.15) is 0 Å². The predicted molar refractivity (Wildman–Crippen MR) is 171 cm³/mol. The van der Waals surface area contributed by atoms with Crippen molar-refractivity contribution in [3.8, 4) is 10.4 Å². The highest BCUT2D eigenvalue weighted by molar-refractivity contribution is 7.14. The third kappa shape index (κ3) is 5.73. The molecule has 0 saturated carbocycles. The van der Waals surface area contributed by atoms with Crippen LogP contribution in [-0.2, 0) is 11.2 Å².